The molecule has 0 aromatic rings. The Bertz CT molecular complexity index is 77.0. The van der Waals surface area contributed by atoms with Crippen LogP contribution >= 0.6 is 0 Å². The third-order valence-corrected chi connectivity index (χ3v) is 2.02. The average Bonchev–Trinajstić information content (AvgIpc) is 1.90. The van der Waals surface area contributed by atoms with Crippen LogP contribution in [0.4, 0.5) is 0 Å². The third-order valence-electron chi connectivity index (χ3n) is 2.02. The van der Waals surface area contributed by atoms with Gasteiger partial charge in [-0.3, -0.25) is 0 Å². The summed E-state index contributed by atoms with van der Waals surface area (Å²) < 4.78 is 0. The number of hydrogen-bond acceptors (Lipinski definition) is 2. The molecule has 0 radical (unpaired) electrons. The molecular formula is C7H15NO. The molecule has 54 valence electrons. The van der Waals surface area contributed by atoms with Crippen LogP contribution in [0.15, 0.2) is 0 Å². The van der Waals surface area contributed by atoms with E-state index in [1.54, 1.807) is 0 Å². The van der Waals surface area contributed by atoms with Gasteiger partial charge in [0, 0.05) is 19.2 Å². The van der Waals surface area contributed by atoms with Gasteiger partial charge in [0.1, 0.15) is 0 Å². The molecule has 1 heterocycles. The number of hydrogen-bond donors (Lipinski definition) is 2. The molecule has 0 aromatic heterocycles. The zero-order valence-corrected chi connectivity index (χ0v) is 5.93. The van der Waals surface area contributed by atoms with Gasteiger partial charge in [-0.2, -0.15) is 0 Å². The minimum Gasteiger partial charge on any atom is -0.396 e. The molecule has 1 aliphatic heterocycles. The molecule has 2 nitrogen and oxygen atoms in total. The fourth-order valence-electron chi connectivity index (χ4n) is 1.21. The minimum absolute atomic E-state index is 0.347. The Morgan fingerprint density at radius 3 is 2.78 bits per heavy atom. The van der Waals surface area contributed by atoms with E-state index in [0.29, 0.717) is 18.6 Å². The first-order valence-electron chi connectivity index (χ1n) is 3.67. The Balaban J connectivity index is 2.18. The summed E-state index contributed by atoms with van der Waals surface area (Å²) in [4.78, 5) is 0. The van der Waals surface area contributed by atoms with E-state index in [-0.39, 0.29) is 0 Å². The molecule has 2 N–H and O–H groups in total. The number of aliphatic hydroxyl groups is 1. The first kappa shape index (κ1) is 7.03. The molecule has 1 fully saturated rings. The van der Waals surface area contributed by atoms with Gasteiger partial charge in [-0.1, -0.05) is 0 Å². The summed E-state index contributed by atoms with van der Waals surface area (Å²) >= 11 is 0. The van der Waals surface area contributed by atoms with E-state index in [4.69, 9.17) is 5.11 Å². The second kappa shape index (κ2) is 3.18. The summed E-state index contributed by atoms with van der Waals surface area (Å²) in [6.07, 6.45) is 2.40. The maximum atomic E-state index is 8.74. The summed E-state index contributed by atoms with van der Waals surface area (Å²) in [5.74, 6) is 0.515. The molecule has 0 amide bonds. The summed E-state index contributed by atoms with van der Waals surface area (Å²) in [5, 5.41) is 12.1. The Hall–Kier alpha value is -0.0800. The number of aliphatic hydroxyl groups excluding tert-OH is 1. The Labute approximate surface area is 56.3 Å². The quantitative estimate of drug-likeness (QED) is 0.536. The Morgan fingerprint density at radius 2 is 2.33 bits per heavy atom. The van der Waals surface area contributed by atoms with Crippen molar-refractivity contribution in [3.8, 4) is 0 Å². The van der Waals surface area contributed by atoms with Crippen LogP contribution < -0.4 is 5.32 Å². The van der Waals surface area contributed by atoms with E-state index in [1.165, 1.54) is 12.8 Å². The molecule has 0 aromatic carbocycles. The predicted molar refractivity (Wildman–Crippen MR) is 37.3 cm³/mol. The molecule has 2 atom stereocenters. The van der Waals surface area contributed by atoms with E-state index < -0.39 is 0 Å². The van der Waals surface area contributed by atoms with Crippen LogP contribution in [-0.2, 0) is 0 Å². The molecular weight excluding hydrogens is 114 g/mol. The van der Waals surface area contributed by atoms with E-state index in [9.17, 15) is 0 Å². The van der Waals surface area contributed by atoms with Gasteiger partial charge in [-0.15, -0.1) is 0 Å². The lowest BCUT2D eigenvalue weighted by Gasteiger charge is -2.25. The van der Waals surface area contributed by atoms with Crippen LogP contribution in [0, 0.1) is 5.92 Å². The van der Waals surface area contributed by atoms with Crippen molar-refractivity contribution in [1.29, 1.82) is 0 Å². The summed E-state index contributed by atoms with van der Waals surface area (Å²) in [7, 11) is 0. The van der Waals surface area contributed by atoms with Gasteiger partial charge in [0.25, 0.3) is 0 Å². The van der Waals surface area contributed by atoms with Crippen molar-refractivity contribution in [3.63, 3.8) is 0 Å². The van der Waals surface area contributed by atoms with Crippen molar-refractivity contribution in [1.82, 2.24) is 5.32 Å². The second-order valence-corrected chi connectivity index (χ2v) is 2.94. The van der Waals surface area contributed by atoms with Crippen LogP contribution in [0.5, 0.6) is 0 Å². The highest BCUT2D eigenvalue weighted by Crippen LogP contribution is 2.12. The van der Waals surface area contributed by atoms with Gasteiger partial charge in [0.15, 0.2) is 0 Å². The van der Waals surface area contributed by atoms with Crippen LogP contribution in [0.25, 0.3) is 0 Å². The van der Waals surface area contributed by atoms with E-state index in [0.717, 1.165) is 6.54 Å². The van der Waals surface area contributed by atoms with Crippen molar-refractivity contribution >= 4 is 0 Å². The molecule has 0 saturated carbocycles. The van der Waals surface area contributed by atoms with Crippen molar-refractivity contribution in [2.75, 3.05) is 13.2 Å². The van der Waals surface area contributed by atoms with Gasteiger partial charge < -0.3 is 10.4 Å². The molecule has 2 heteroatoms. The van der Waals surface area contributed by atoms with E-state index in [1.807, 2.05) is 0 Å². The fourth-order valence-corrected chi connectivity index (χ4v) is 1.21. The Morgan fingerprint density at radius 1 is 1.56 bits per heavy atom. The zero-order chi connectivity index (χ0) is 6.69. The lowest BCUT2D eigenvalue weighted by atomic mass is 9.96. The minimum atomic E-state index is 0.347. The highest BCUT2D eigenvalue weighted by Gasteiger charge is 2.15. The average molecular weight is 129 g/mol. The largest absolute Gasteiger partial charge is 0.396 e. The van der Waals surface area contributed by atoms with Gasteiger partial charge in [-0.25, -0.2) is 0 Å². The van der Waals surface area contributed by atoms with Crippen molar-refractivity contribution < 1.29 is 5.11 Å². The van der Waals surface area contributed by atoms with Gasteiger partial charge in [0.2, 0.25) is 0 Å². The summed E-state index contributed by atoms with van der Waals surface area (Å²) in [5.41, 5.74) is 0. The summed E-state index contributed by atoms with van der Waals surface area (Å²) in [6, 6.07) is 0.660. The lowest BCUT2D eigenvalue weighted by Crippen LogP contribution is -2.38. The topological polar surface area (TPSA) is 32.3 Å². The standard InChI is InChI=1S/C7H15NO/c1-6-2-3-7(5-9)4-8-6/h6-9H,2-5H2,1H3/t6?,7-/m1/s1. The first-order chi connectivity index (χ1) is 4.33. The van der Waals surface area contributed by atoms with Crippen molar-refractivity contribution in [2.45, 2.75) is 25.8 Å². The van der Waals surface area contributed by atoms with Crippen LogP contribution in [0.1, 0.15) is 19.8 Å². The number of piperidine rings is 1. The third kappa shape index (κ3) is 1.95. The number of nitrogens with one attached hydrogen (secondary N) is 1. The van der Waals surface area contributed by atoms with E-state index in [2.05, 4.69) is 12.2 Å². The predicted octanol–water partition coefficient (Wildman–Crippen LogP) is 0.367. The molecule has 9 heavy (non-hydrogen) atoms. The lowest BCUT2D eigenvalue weighted by molar-refractivity contribution is 0.186. The highest BCUT2D eigenvalue weighted by molar-refractivity contribution is 4.73. The van der Waals surface area contributed by atoms with Gasteiger partial charge >= 0.3 is 0 Å². The van der Waals surface area contributed by atoms with E-state index >= 15 is 0 Å². The SMILES string of the molecule is CC1CC[C@@H](CO)CN1. The molecule has 1 saturated heterocycles. The molecule has 1 unspecified atom stereocenters. The molecule has 0 bridgehead atoms. The smallest absolute Gasteiger partial charge is 0.0471 e. The normalized spacial score (nSPS) is 36.7. The molecule has 0 spiro atoms. The molecule has 1 aliphatic rings. The fraction of sp³-hybridized carbons (Fsp3) is 1.00. The maximum absolute atomic E-state index is 8.74. The monoisotopic (exact) mass is 129 g/mol. The second-order valence-electron chi connectivity index (χ2n) is 2.94. The van der Waals surface area contributed by atoms with Crippen LogP contribution in [0.2, 0.25) is 0 Å². The Kier molecular flexibility index (Phi) is 2.49. The molecule has 0 aliphatic carbocycles. The van der Waals surface area contributed by atoms with Crippen molar-refractivity contribution in [3.05, 3.63) is 0 Å². The first-order valence-corrected chi connectivity index (χ1v) is 3.67. The maximum Gasteiger partial charge on any atom is 0.0471 e. The zero-order valence-electron chi connectivity index (χ0n) is 5.93. The highest BCUT2D eigenvalue weighted by atomic mass is 16.3. The van der Waals surface area contributed by atoms with Crippen molar-refractivity contribution in [2.24, 2.45) is 5.92 Å². The van der Waals surface area contributed by atoms with Crippen LogP contribution in [0.3, 0.4) is 0 Å². The van der Waals surface area contributed by atoms with Gasteiger partial charge in [0.05, 0.1) is 0 Å². The summed E-state index contributed by atoms with van der Waals surface area (Å²) in [6.45, 7) is 3.53. The van der Waals surface area contributed by atoms with Gasteiger partial charge in [-0.05, 0) is 25.7 Å². The molecule has 1 rings (SSSR count). The number of rotatable bonds is 1. The van der Waals surface area contributed by atoms with Crippen LogP contribution in [-0.4, -0.2) is 24.3 Å².